The van der Waals surface area contributed by atoms with Crippen molar-refractivity contribution in [3.63, 3.8) is 0 Å². The first kappa shape index (κ1) is 27.8. The zero-order valence-corrected chi connectivity index (χ0v) is 22.5. The van der Waals surface area contributed by atoms with E-state index in [0.717, 1.165) is 5.57 Å². The largest absolute Gasteiger partial charge is 0.478 e. The van der Waals surface area contributed by atoms with Gasteiger partial charge in [-0.2, -0.15) is 0 Å². The number of ether oxygens (including phenoxy) is 5. The van der Waals surface area contributed by atoms with E-state index in [2.05, 4.69) is 0 Å². The van der Waals surface area contributed by atoms with Crippen molar-refractivity contribution in [1.82, 2.24) is 0 Å². The lowest BCUT2D eigenvalue weighted by molar-refractivity contribution is -0.232. The van der Waals surface area contributed by atoms with E-state index < -0.39 is 64.9 Å². The summed E-state index contributed by atoms with van der Waals surface area (Å²) >= 11 is 0. The van der Waals surface area contributed by atoms with Crippen LogP contribution >= 0.6 is 0 Å². The number of allylic oxidation sites excluding steroid dienone is 2. The Balaban J connectivity index is 1.53. The van der Waals surface area contributed by atoms with E-state index in [1.807, 2.05) is 6.92 Å². The van der Waals surface area contributed by atoms with E-state index in [1.165, 1.54) is 12.2 Å². The van der Waals surface area contributed by atoms with Crippen LogP contribution in [0.4, 0.5) is 0 Å². The summed E-state index contributed by atoms with van der Waals surface area (Å²) < 4.78 is 30.2. The van der Waals surface area contributed by atoms with Gasteiger partial charge < -0.3 is 33.9 Å². The van der Waals surface area contributed by atoms with Gasteiger partial charge in [0.15, 0.2) is 0 Å². The maximum Gasteiger partial charge on any atom is 0.331 e. The molecule has 3 unspecified atom stereocenters. The van der Waals surface area contributed by atoms with Gasteiger partial charge in [0, 0.05) is 29.6 Å². The van der Waals surface area contributed by atoms with E-state index in [-0.39, 0.29) is 25.2 Å². The van der Waals surface area contributed by atoms with E-state index >= 15 is 0 Å². The molecule has 1 saturated carbocycles. The zero-order chi connectivity index (χ0) is 28.0. The highest BCUT2D eigenvalue weighted by Crippen LogP contribution is 2.72. The number of esters is 2. The fraction of sp³-hybridized carbons (Fsp3) is 0.621. The third-order valence-electron chi connectivity index (χ3n) is 9.31. The number of carbonyl (C=O) groups is 3. The Kier molecular flexibility index (Phi) is 7.34. The highest BCUT2D eigenvalue weighted by molar-refractivity contribution is 5.87. The second kappa shape index (κ2) is 10.3. The minimum absolute atomic E-state index is 0.0504. The Morgan fingerprint density at radius 1 is 1.13 bits per heavy atom. The van der Waals surface area contributed by atoms with E-state index in [9.17, 15) is 24.6 Å². The molecule has 8 atom stereocenters. The van der Waals surface area contributed by atoms with Gasteiger partial charge in [-0.25, -0.2) is 14.4 Å². The summed E-state index contributed by atoms with van der Waals surface area (Å²) in [5.74, 6) is -2.09. The molecule has 0 aromatic heterocycles. The standard InChI is InChI=1S/C29H36O10/c1-17-9-11-35-20(18(2)30)6-4-5-7-24(31)39-21-14-23-29(16-37-29)27(21,3)28(15-36-25(32)12-17)10-8-19(26(33)34)13-22(28)38-23/h4-7,12-13,18,20-23,30H,8-11,14-16H2,1-3H3,(H,33,34)/b6-4+,7-5-,17-12+/t18?,20?,21?,22-,23-,27-,28-,29+/m1/s1. The summed E-state index contributed by atoms with van der Waals surface area (Å²) in [5.41, 5.74) is -1.39. The first-order valence-electron chi connectivity index (χ1n) is 13.4. The minimum Gasteiger partial charge on any atom is -0.478 e. The molecular weight excluding hydrogens is 508 g/mol. The van der Waals surface area contributed by atoms with Crippen molar-refractivity contribution < 1.29 is 48.3 Å². The van der Waals surface area contributed by atoms with Gasteiger partial charge in [-0.1, -0.05) is 30.7 Å². The number of aliphatic carboxylic acids is 1. The molecule has 10 heteroatoms. The van der Waals surface area contributed by atoms with Crippen LogP contribution in [0.2, 0.25) is 0 Å². The van der Waals surface area contributed by atoms with Crippen molar-refractivity contribution in [3.05, 3.63) is 47.6 Å². The van der Waals surface area contributed by atoms with Gasteiger partial charge in [-0.05, 0) is 39.2 Å². The van der Waals surface area contributed by atoms with Crippen LogP contribution < -0.4 is 0 Å². The van der Waals surface area contributed by atoms with Crippen molar-refractivity contribution >= 4 is 17.9 Å². The van der Waals surface area contributed by atoms with Crippen LogP contribution in [0, 0.1) is 10.8 Å². The molecule has 3 heterocycles. The predicted octanol–water partition coefficient (Wildman–Crippen LogP) is 2.41. The average molecular weight is 545 g/mol. The fourth-order valence-electron chi connectivity index (χ4n) is 6.89. The molecule has 2 spiro atoms. The normalized spacial score (nSPS) is 44.3. The maximum absolute atomic E-state index is 12.9. The number of carbonyl (C=O) groups excluding carboxylic acids is 2. The Morgan fingerprint density at radius 3 is 2.59 bits per heavy atom. The number of cyclic esters (lactones) is 1. The zero-order valence-electron chi connectivity index (χ0n) is 22.5. The fourth-order valence-corrected chi connectivity index (χ4v) is 6.89. The number of aliphatic hydroxyl groups is 1. The van der Waals surface area contributed by atoms with Gasteiger partial charge >= 0.3 is 17.9 Å². The quantitative estimate of drug-likeness (QED) is 0.393. The van der Waals surface area contributed by atoms with Gasteiger partial charge in [0.2, 0.25) is 0 Å². The van der Waals surface area contributed by atoms with Gasteiger partial charge in [0.25, 0.3) is 0 Å². The molecular formula is C29H36O10. The Morgan fingerprint density at radius 2 is 1.90 bits per heavy atom. The second-order valence-corrected chi connectivity index (χ2v) is 11.4. The molecule has 2 bridgehead atoms. The lowest BCUT2D eigenvalue weighted by Crippen LogP contribution is -2.67. The number of rotatable bonds is 2. The van der Waals surface area contributed by atoms with Gasteiger partial charge in [-0.3, -0.25) is 0 Å². The van der Waals surface area contributed by atoms with Crippen LogP contribution in [-0.2, 0) is 38.1 Å². The van der Waals surface area contributed by atoms with Gasteiger partial charge in [0.1, 0.15) is 24.4 Å². The minimum atomic E-state index is -1.01. The number of hydrogen-bond acceptors (Lipinski definition) is 9. The topological polar surface area (TPSA) is 141 Å². The molecule has 2 saturated heterocycles. The van der Waals surface area contributed by atoms with Crippen molar-refractivity contribution in [2.45, 2.75) is 82.6 Å². The first-order chi connectivity index (χ1) is 18.5. The Labute approximate surface area is 227 Å². The lowest BCUT2D eigenvalue weighted by atomic mass is 9.51. The Bertz CT molecular complexity index is 1140. The first-order valence-corrected chi connectivity index (χ1v) is 13.4. The third kappa shape index (κ3) is 4.67. The predicted molar refractivity (Wildman–Crippen MR) is 136 cm³/mol. The van der Waals surface area contributed by atoms with Crippen LogP contribution in [0.15, 0.2) is 47.6 Å². The molecule has 212 valence electrons. The summed E-state index contributed by atoms with van der Waals surface area (Å²) in [5, 5.41) is 19.7. The molecule has 0 radical (unpaired) electrons. The number of carboxylic acids is 1. The highest BCUT2D eigenvalue weighted by Gasteiger charge is 2.83. The lowest BCUT2D eigenvalue weighted by Gasteiger charge is -2.58. The molecule has 3 aliphatic heterocycles. The summed E-state index contributed by atoms with van der Waals surface area (Å²) in [7, 11) is 0. The molecule has 0 aromatic carbocycles. The molecule has 5 aliphatic rings. The van der Waals surface area contributed by atoms with Crippen LogP contribution in [0.25, 0.3) is 0 Å². The molecule has 10 nitrogen and oxygen atoms in total. The van der Waals surface area contributed by atoms with Crippen LogP contribution in [0.5, 0.6) is 0 Å². The molecule has 0 aromatic rings. The number of aliphatic hydroxyl groups excluding tert-OH is 1. The summed E-state index contributed by atoms with van der Waals surface area (Å²) in [4.78, 5) is 37.7. The van der Waals surface area contributed by atoms with Crippen LogP contribution in [0.3, 0.4) is 0 Å². The maximum atomic E-state index is 12.9. The van der Waals surface area contributed by atoms with Crippen molar-refractivity contribution in [3.8, 4) is 0 Å². The number of carboxylic acid groups (broad SMARTS) is 1. The monoisotopic (exact) mass is 544 g/mol. The van der Waals surface area contributed by atoms with Crippen molar-refractivity contribution in [2.75, 3.05) is 19.8 Å². The summed E-state index contributed by atoms with van der Waals surface area (Å²) in [6, 6.07) is 0. The second-order valence-electron chi connectivity index (χ2n) is 11.4. The number of epoxide rings is 1. The van der Waals surface area contributed by atoms with E-state index in [1.54, 1.807) is 38.2 Å². The van der Waals surface area contributed by atoms with E-state index in [4.69, 9.17) is 23.7 Å². The molecule has 2 aliphatic carbocycles. The van der Waals surface area contributed by atoms with Crippen molar-refractivity contribution in [2.24, 2.45) is 10.8 Å². The molecule has 0 amide bonds. The smallest absolute Gasteiger partial charge is 0.331 e. The SMILES string of the molecule is C/C1=C\C(=O)OC[C@]23CCC(C(=O)O)=C[C@H]2O[C@@H]2CC(OC(=O)/C=C\C=C\C(C(C)O)OCC1)[C@@]3(C)[C@]21CO1. The van der Waals surface area contributed by atoms with Crippen molar-refractivity contribution in [1.29, 1.82) is 0 Å². The summed E-state index contributed by atoms with van der Waals surface area (Å²) in [6.07, 6.45) is 7.60. The molecule has 5 rings (SSSR count). The number of hydrogen-bond donors (Lipinski definition) is 2. The van der Waals surface area contributed by atoms with Gasteiger partial charge in [-0.15, -0.1) is 0 Å². The highest BCUT2D eigenvalue weighted by atomic mass is 16.6. The molecule has 3 fully saturated rings. The van der Waals surface area contributed by atoms with Gasteiger partial charge in [0.05, 0.1) is 36.9 Å². The Hall–Kier alpha value is -2.79. The third-order valence-corrected chi connectivity index (χ3v) is 9.31. The molecule has 39 heavy (non-hydrogen) atoms. The summed E-state index contributed by atoms with van der Waals surface area (Å²) in [6.45, 7) is 6.04. The van der Waals surface area contributed by atoms with Crippen LogP contribution in [-0.4, -0.2) is 84.1 Å². The average Bonchev–Trinajstić information content (AvgIpc) is 3.66. The van der Waals surface area contributed by atoms with Crippen LogP contribution in [0.1, 0.15) is 46.5 Å². The molecule has 2 N–H and O–H groups in total. The van der Waals surface area contributed by atoms with E-state index in [0.29, 0.717) is 25.9 Å².